The predicted octanol–water partition coefficient (Wildman–Crippen LogP) is -0.465. The van der Waals surface area contributed by atoms with Crippen molar-refractivity contribution in [1.29, 1.82) is 0 Å². The van der Waals surface area contributed by atoms with Crippen LogP contribution in [0.4, 0.5) is 0 Å². The zero-order valence-corrected chi connectivity index (χ0v) is 7.87. The lowest BCUT2D eigenvalue weighted by atomic mass is 10.6. The highest BCUT2D eigenvalue weighted by atomic mass is 32.2. The summed E-state index contributed by atoms with van der Waals surface area (Å²) in [5.74, 6) is 0.219. The van der Waals surface area contributed by atoms with Crippen LogP contribution in [0.2, 0.25) is 0 Å². The summed E-state index contributed by atoms with van der Waals surface area (Å²) in [6.07, 6.45) is 0.662. The fourth-order valence-corrected chi connectivity index (χ4v) is 1.77. The molecule has 0 heterocycles. The molecule has 0 rings (SSSR count). The number of hydrogen-bond donors (Lipinski definition) is 2. The van der Waals surface area contributed by atoms with E-state index in [-0.39, 0.29) is 5.75 Å². The molecule has 4 nitrogen and oxygen atoms in total. The minimum absolute atomic E-state index is 0.219. The number of hydrogen-bond acceptors (Lipinski definition) is 3. The van der Waals surface area contributed by atoms with Crippen molar-refractivity contribution in [3.05, 3.63) is 0 Å². The summed E-state index contributed by atoms with van der Waals surface area (Å²) in [7, 11) is -1.21. The van der Waals surface area contributed by atoms with E-state index in [1.165, 1.54) is 0 Å². The van der Waals surface area contributed by atoms with Crippen molar-refractivity contribution in [1.82, 2.24) is 10.0 Å². The Balaban J connectivity index is 3.56. The number of likely N-dealkylation sites (N-methyl/N-ethyl adjacent to an activating group) is 1. The van der Waals surface area contributed by atoms with Crippen LogP contribution in [0.3, 0.4) is 0 Å². The molecule has 0 aromatic heterocycles. The van der Waals surface area contributed by atoms with Gasteiger partial charge in [0.25, 0.3) is 0 Å². The number of rotatable bonds is 6. The summed E-state index contributed by atoms with van der Waals surface area (Å²) in [6, 6.07) is 0. The van der Waals surface area contributed by atoms with Crippen LogP contribution in [0.25, 0.3) is 0 Å². The molecule has 0 aliphatic rings. The van der Waals surface area contributed by atoms with E-state index in [0.717, 1.165) is 0 Å². The Bertz CT molecular complexity index is 177. The van der Waals surface area contributed by atoms with Crippen LogP contribution < -0.4 is 10.0 Å². The Morgan fingerprint density at radius 2 is 1.91 bits per heavy atom. The molecule has 0 bridgehead atoms. The van der Waals surface area contributed by atoms with Crippen molar-refractivity contribution in [3.8, 4) is 0 Å². The third-order valence-corrected chi connectivity index (χ3v) is 2.76. The molecule has 68 valence electrons. The molecule has 0 aliphatic carbocycles. The summed E-state index contributed by atoms with van der Waals surface area (Å²) < 4.78 is 24.4. The lowest BCUT2D eigenvalue weighted by molar-refractivity contribution is 0.578. The van der Waals surface area contributed by atoms with Crippen molar-refractivity contribution in [3.63, 3.8) is 0 Å². The first-order valence-electron chi connectivity index (χ1n) is 3.74. The van der Waals surface area contributed by atoms with Gasteiger partial charge in [-0.2, -0.15) is 0 Å². The van der Waals surface area contributed by atoms with Crippen molar-refractivity contribution in [2.75, 3.05) is 25.9 Å². The molecule has 0 aromatic rings. The van der Waals surface area contributed by atoms with E-state index in [1.807, 2.05) is 6.92 Å². The molecule has 0 saturated heterocycles. The lowest BCUT2D eigenvalue weighted by Crippen LogP contribution is -2.32. The first kappa shape index (κ1) is 10.9. The SMILES string of the molecule is CCCS(=O)(=O)NCCNC. The Hall–Kier alpha value is -0.130. The van der Waals surface area contributed by atoms with Gasteiger partial charge in [0, 0.05) is 13.1 Å². The third-order valence-electron chi connectivity index (χ3n) is 1.17. The Labute approximate surface area is 68.4 Å². The summed E-state index contributed by atoms with van der Waals surface area (Å²) >= 11 is 0. The van der Waals surface area contributed by atoms with Crippen LogP contribution in [0.1, 0.15) is 13.3 Å². The van der Waals surface area contributed by atoms with Crippen LogP contribution in [-0.4, -0.2) is 34.3 Å². The van der Waals surface area contributed by atoms with Crippen molar-refractivity contribution in [2.24, 2.45) is 0 Å². The van der Waals surface area contributed by atoms with Gasteiger partial charge in [-0.3, -0.25) is 0 Å². The number of sulfonamides is 1. The van der Waals surface area contributed by atoms with Gasteiger partial charge < -0.3 is 5.32 Å². The van der Waals surface area contributed by atoms with Crippen molar-refractivity contribution < 1.29 is 8.42 Å². The molecule has 0 atom stereocenters. The largest absolute Gasteiger partial charge is 0.318 e. The zero-order chi connectivity index (χ0) is 8.74. The number of nitrogens with one attached hydrogen (secondary N) is 2. The van der Waals surface area contributed by atoms with Crippen LogP contribution in [-0.2, 0) is 10.0 Å². The van der Waals surface area contributed by atoms with Gasteiger partial charge in [-0.15, -0.1) is 0 Å². The summed E-state index contributed by atoms with van der Waals surface area (Å²) in [6.45, 7) is 2.99. The lowest BCUT2D eigenvalue weighted by Gasteiger charge is -2.03. The van der Waals surface area contributed by atoms with E-state index in [4.69, 9.17) is 0 Å². The maximum Gasteiger partial charge on any atom is 0.211 e. The molecule has 0 radical (unpaired) electrons. The molecule has 0 saturated carbocycles. The highest BCUT2D eigenvalue weighted by molar-refractivity contribution is 7.89. The van der Waals surface area contributed by atoms with Gasteiger partial charge in [0.1, 0.15) is 0 Å². The van der Waals surface area contributed by atoms with Crippen LogP contribution in [0, 0.1) is 0 Å². The van der Waals surface area contributed by atoms with E-state index >= 15 is 0 Å². The van der Waals surface area contributed by atoms with Crippen LogP contribution in [0.15, 0.2) is 0 Å². The van der Waals surface area contributed by atoms with E-state index in [1.54, 1.807) is 7.05 Å². The molecule has 11 heavy (non-hydrogen) atoms. The summed E-state index contributed by atoms with van der Waals surface area (Å²) in [5, 5.41) is 2.86. The van der Waals surface area contributed by atoms with Crippen LogP contribution in [0.5, 0.6) is 0 Å². The highest BCUT2D eigenvalue weighted by Gasteiger charge is 2.05. The second-order valence-corrected chi connectivity index (χ2v) is 4.24. The molecule has 2 N–H and O–H groups in total. The van der Waals surface area contributed by atoms with Gasteiger partial charge in [0.15, 0.2) is 0 Å². The third kappa shape index (κ3) is 6.28. The normalized spacial score (nSPS) is 11.8. The molecule has 5 heteroatoms. The average Bonchev–Trinajstić information content (AvgIpc) is 1.87. The second kappa shape index (κ2) is 5.51. The van der Waals surface area contributed by atoms with Gasteiger partial charge in [-0.25, -0.2) is 13.1 Å². The molecular weight excluding hydrogens is 164 g/mol. The highest BCUT2D eigenvalue weighted by Crippen LogP contribution is 1.86. The second-order valence-electron chi connectivity index (χ2n) is 2.32. The monoisotopic (exact) mass is 180 g/mol. The van der Waals surface area contributed by atoms with Crippen molar-refractivity contribution >= 4 is 10.0 Å². The zero-order valence-electron chi connectivity index (χ0n) is 7.05. The first-order chi connectivity index (χ1) is 5.12. The van der Waals surface area contributed by atoms with Gasteiger partial charge in [-0.05, 0) is 13.5 Å². The quantitative estimate of drug-likeness (QED) is 0.544. The predicted molar refractivity (Wildman–Crippen MR) is 46.0 cm³/mol. The standard InChI is InChI=1S/C6H16N2O2S/c1-3-6-11(9,10)8-5-4-7-2/h7-8H,3-6H2,1-2H3. The molecule has 0 amide bonds. The minimum atomic E-state index is -2.99. The molecule has 0 aliphatic heterocycles. The van der Waals surface area contributed by atoms with Gasteiger partial charge >= 0.3 is 0 Å². The van der Waals surface area contributed by atoms with E-state index in [9.17, 15) is 8.42 Å². The molecule has 0 unspecified atom stereocenters. The van der Waals surface area contributed by atoms with Gasteiger partial charge in [-0.1, -0.05) is 6.92 Å². The molecule has 0 aromatic carbocycles. The Morgan fingerprint density at radius 3 is 2.36 bits per heavy atom. The molecule has 0 fully saturated rings. The summed E-state index contributed by atoms with van der Waals surface area (Å²) in [5.41, 5.74) is 0. The fourth-order valence-electron chi connectivity index (χ4n) is 0.672. The Kier molecular flexibility index (Phi) is 5.45. The van der Waals surface area contributed by atoms with Gasteiger partial charge in [0.2, 0.25) is 10.0 Å². The first-order valence-corrected chi connectivity index (χ1v) is 5.39. The minimum Gasteiger partial charge on any atom is -0.318 e. The fraction of sp³-hybridized carbons (Fsp3) is 1.00. The maximum atomic E-state index is 11.0. The molecular formula is C6H16N2O2S. The van der Waals surface area contributed by atoms with E-state index in [0.29, 0.717) is 19.5 Å². The van der Waals surface area contributed by atoms with Gasteiger partial charge in [0.05, 0.1) is 5.75 Å². The smallest absolute Gasteiger partial charge is 0.211 e. The van der Waals surface area contributed by atoms with Crippen molar-refractivity contribution in [2.45, 2.75) is 13.3 Å². The summed E-state index contributed by atoms with van der Waals surface area (Å²) in [4.78, 5) is 0. The molecule has 0 spiro atoms. The average molecular weight is 180 g/mol. The maximum absolute atomic E-state index is 11.0. The Morgan fingerprint density at radius 1 is 1.27 bits per heavy atom. The van der Waals surface area contributed by atoms with E-state index < -0.39 is 10.0 Å². The van der Waals surface area contributed by atoms with Crippen LogP contribution >= 0.6 is 0 Å². The topological polar surface area (TPSA) is 58.2 Å². The van der Waals surface area contributed by atoms with E-state index in [2.05, 4.69) is 10.0 Å².